The molecular weight excluding hydrogens is 178 g/mol. The predicted molar refractivity (Wildman–Crippen MR) is 56.3 cm³/mol. The summed E-state index contributed by atoms with van der Waals surface area (Å²) in [4.78, 5) is 14.9. The first kappa shape index (κ1) is 11.0. The molecule has 0 unspecified atom stereocenters. The van der Waals surface area contributed by atoms with E-state index in [-0.39, 0.29) is 0 Å². The van der Waals surface area contributed by atoms with E-state index in [0.29, 0.717) is 6.42 Å². The fourth-order valence-electron chi connectivity index (χ4n) is 1.67. The van der Waals surface area contributed by atoms with Crippen molar-refractivity contribution in [3.63, 3.8) is 0 Å². The molecule has 78 valence electrons. The van der Waals surface area contributed by atoms with Crippen LogP contribution >= 0.6 is 0 Å². The Morgan fingerprint density at radius 2 is 2.43 bits per heavy atom. The SMILES string of the molecule is CON=C1CCC=C1CCCCC=O. The molecule has 0 spiro atoms. The van der Waals surface area contributed by atoms with Gasteiger partial charge < -0.3 is 9.63 Å². The lowest BCUT2D eigenvalue weighted by molar-refractivity contribution is -0.107. The largest absolute Gasteiger partial charge is 0.399 e. The number of hydrogen-bond donors (Lipinski definition) is 0. The van der Waals surface area contributed by atoms with Gasteiger partial charge in [0.1, 0.15) is 13.4 Å². The minimum Gasteiger partial charge on any atom is -0.399 e. The molecule has 0 bridgehead atoms. The van der Waals surface area contributed by atoms with E-state index in [2.05, 4.69) is 11.2 Å². The number of carbonyl (C=O) groups excluding carboxylic acids is 1. The maximum absolute atomic E-state index is 10.1. The summed E-state index contributed by atoms with van der Waals surface area (Å²) in [6, 6.07) is 0. The topological polar surface area (TPSA) is 38.7 Å². The highest BCUT2D eigenvalue weighted by atomic mass is 16.6. The summed E-state index contributed by atoms with van der Waals surface area (Å²) >= 11 is 0. The number of carbonyl (C=O) groups is 1. The molecule has 1 aliphatic rings. The highest BCUT2D eigenvalue weighted by Gasteiger charge is 2.12. The molecule has 0 atom stereocenters. The standard InChI is InChI=1S/C11H17NO2/c1-14-12-11-8-5-7-10(11)6-3-2-4-9-13/h7,9H,2-6,8H2,1H3. The molecule has 0 aliphatic heterocycles. The van der Waals surface area contributed by atoms with Crippen LogP contribution < -0.4 is 0 Å². The predicted octanol–water partition coefficient (Wildman–Crippen LogP) is 2.47. The summed E-state index contributed by atoms with van der Waals surface area (Å²) in [5.41, 5.74) is 2.39. The number of aldehydes is 1. The number of oxime groups is 1. The van der Waals surface area contributed by atoms with Gasteiger partial charge in [-0.3, -0.25) is 0 Å². The van der Waals surface area contributed by atoms with Crippen molar-refractivity contribution in [1.82, 2.24) is 0 Å². The second-order valence-electron chi connectivity index (χ2n) is 3.40. The number of allylic oxidation sites excluding steroid dienone is 2. The first-order valence-corrected chi connectivity index (χ1v) is 5.11. The van der Waals surface area contributed by atoms with Crippen LogP contribution in [-0.4, -0.2) is 19.1 Å². The molecule has 0 amide bonds. The fraction of sp³-hybridized carbons (Fsp3) is 0.636. The van der Waals surface area contributed by atoms with Gasteiger partial charge in [0.05, 0.1) is 5.71 Å². The maximum atomic E-state index is 10.1. The number of rotatable bonds is 6. The maximum Gasteiger partial charge on any atom is 0.119 e. The van der Waals surface area contributed by atoms with Crippen molar-refractivity contribution in [3.05, 3.63) is 11.6 Å². The minimum absolute atomic E-state index is 0.671. The van der Waals surface area contributed by atoms with Crippen LogP contribution in [0.4, 0.5) is 0 Å². The molecule has 0 heterocycles. The summed E-state index contributed by atoms with van der Waals surface area (Å²) in [6.45, 7) is 0. The van der Waals surface area contributed by atoms with Crippen LogP contribution in [0.5, 0.6) is 0 Å². The van der Waals surface area contributed by atoms with Crippen molar-refractivity contribution in [1.29, 1.82) is 0 Å². The second kappa shape index (κ2) is 6.35. The van der Waals surface area contributed by atoms with E-state index in [1.165, 1.54) is 5.57 Å². The van der Waals surface area contributed by atoms with Gasteiger partial charge in [-0.1, -0.05) is 11.2 Å². The van der Waals surface area contributed by atoms with Gasteiger partial charge >= 0.3 is 0 Å². The molecule has 0 saturated heterocycles. The van der Waals surface area contributed by atoms with Crippen LogP contribution in [0.3, 0.4) is 0 Å². The Hall–Kier alpha value is -1.12. The molecule has 1 rings (SSSR count). The van der Waals surface area contributed by atoms with Crippen LogP contribution in [-0.2, 0) is 9.63 Å². The zero-order valence-electron chi connectivity index (χ0n) is 8.66. The first-order valence-electron chi connectivity index (χ1n) is 5.11. The van der Waals surface area contributed by atoms with E-state index >= 15 is 0 Å². The van der Waals surface area contributed by atoms with Gasteiger partial charge in [-0.15, -0.1) is 0 Å². The van der Waals surface area contributed by atoms with Crippen molar-refractivity contribution in [2.75, 3.05) is 7.11 Å². The third-order valence-corrected chi connectivity index (χ3v) is 2.36. The van der Waals surface area contributed by atoms with Gasteiger partial charge in [-0.2, -0.15) is 0 Å². The molecule has 14 heavy (non-hydrogen) atoms. The summed E-state index contributed by atoms with van der Waals surface area (Å²) in [5, 5.41) is 3.98. The number of unbranched alkanes of at least 4 members (excludes halogenated alkanes) is 2. The van der Waals surface area contributed by atoms with Crippen molar-refractivity contribution < 1.29 is 9.63 Å². The lowest BCUT2D eigenvalue weighted by Crippen LogP contribution is -1.98. The van der Waals surface area contributed by atoms with E-state index < -0.39 is 0 Å². The third-order valence-electron chi connectivity index (χ3n) is 2.36. The second-order valence-corrected chi connectivity index (χ2v) is 3.40. The van der Waals surface area contributed by atoms with E-state index in [9.17, 15) is 4.79 Å². The lowest BCUT2D eigenvalue weighted by Gasteiger charge is -2.02. The molecule has 0 radical (unpaired) electrons. The highest BCUT2D eigenvalue weighted by molar-refractivity contribution is 6.01. The molecule has 0 N–H and O–H groups in total. The van der Waals surface area contributed by atoms with E-state index in [4.69, 9.17) is 4.84 Å². The molecule has 3 nitrogen and oxygen atoms in total. The molecule has 1 aliphatic carbocycles. The zero-order chi connectivity index (χ0) is 10.2. The van der Waals surface area contributed by atoms with Crippen molar-refractivity contribution in [2.24, 2.45) is 5.16 Å². The minimum atomic E-state index is 0.671. The van der Waals surface area contributed by atoms with Crippen LogP contribution in [0.2, 0.25) is 0 Å². The van der Waals surface area contributed by atoms with Crippen molar-refractivity contribution in [3.8, 4) is 0 Å². The van der Waals surface area contributed by atoms with Gasteiger partial charge in [-0.25, -0.2) is 0 Å². The molecule has 0 aromatic heterocycles. The van der Waals surface area contributed by atoms with E-state index in [0.717, 1.165) is 44.1 Å². The summed E-state index contributed by atoms with van der Waals surface area (Å²) < 4.78 is 0. The number of hydrogen-bond acceptors (Lipinski definition) is 3. The molecule has 0 fully saturated rings. The van der Waals surface area contributed by atoms with Gasteiger partial charge in [-0.05, 0) is 37.7 Å². The molecule has 0 aromatic carbocycles. The summed E-state index contributed by atoms with van der Waals surface area (Å²) in [5.74, 6) is 0. The normalized spacial score (nSPS) is 18.4. The summed E-state index contributed by atoms with van der Waals surface area (Å²) in [6.07, 6.45) is 9.00. The van der Waals surface area contributed by atoms with E-state index in [1.807, 2.05) is 0 Å². The van der Waals surface area contributed by atoms with Gasteiger partial charge in [0.25, 0.3) is 0 Å². The van der Waals surface area contributed by atoms with Gasteiger partial charge in [0.15, 0.2) is 0 Å². The van der Waals surface area contributed by atoms with E-state index in [1.54, 1.807) is 7.11 Å². The number of nitrogens with zero attached hydrogens (tertiary/aromatic N) is 1. The average molecular weight is 195 g/mol. The Balaban J connectivity index is 2.29. The Bertz CT molecular complexity index is 244. The fourth-order valence-corrected chi connectivity index (χ4v) is 1.67. The molecule has 0 saturated carbocycles. The van der Waals surface area contributed by atoms with Crippen LogP contribution in [0.1, 0.15) is 38.5 Å². The molecule has 0 aromatic rings. The zero-order valence-corrected chi connectivity index (χ0v) is 8.66. The lowest BCUT2D eigenvalue weighted by atomic mass is 10.1. The Kier molecular flexibility index (Phi) is 4.97. The van der Waals surface area contributed by atoms with Crippen LogP contribution in [0.15, 0.2) is 16.8 Å². The highest BCUT2D eigenvalue weighted by Crippen LogP contribution is 2.21. The van der Waals surface area contributed by atoms with Crippen molar-refractivity contribution >= 4 is 12.0 Å². The first-order chi connectivity index (χ1) is 6.88. The monoisotopic (exact) mass is 195 g/mol. The smallest absolute Gasteiger partial charge is 0.119 e. The Morgan fingerprint density at radius 3 is 3.14 bits per heavy atom. The third kappa shape index (κ3) is 3.32. The van der Waals surface area contributed by atoms with Crippen LogP contribution in [0.25, 0.3) is 0 Å². The Morgan fingerprint density at radius 1 is 1.57 bits per heavy atom. The van der Waals surface area contributed by atoms with Crippen LogP contribution in [0, 0.1) is 0 Å². The quantitative estimate of drug-likeness (QED) is 0.371. The molecule has 3 heteroatoms. The van der Waals surface area contributed by atoms with Gasteiger partial charge in [0, 0.05) is 6.42 Å². The summed E-state index contributed by atoms with van der Waals surface area (Å²) in [7, 11) is 1.58. The van der Waals surface area contributed by atoms with Gasteiger partial charge in [0.2, 0.25) is 0 Å². The Labute approximate surface area is 84.8 Å². The van der Waals surface area contributed by atoms with Crippen molar-refractivity contribution in [2.45, 2.75) is 38.5 Å². The molecular formula is C11H17NO2. The average Bonchev–Trinajstić information content (AvgIpc) is 2.61.